The van der Waals surface area contributed by atoms with Crippen LogP contribution in [0.15, 0.2) is 4.99 Å². The van der Waals surface area contributed by atoms with E-state index >= 15 is 0 Å². The van der Waals surface area contributed by atoms with Crippen LogP contribution in [0.4, 0.5) is 0 Å². The maximum absolute atomic E-state index is 11.6. The second-order valence-electron chi connectivity index (χ2n) is 4.90. The molecule has 8 heteroatoms. The van der Waals surface area contributed by atoms with Gasteiger partial charge >= 0.3 is 0 Å². The molecule has 1 unspecified atom stereocenters. The molecule has 1 aliphatic heterocycles. The van der Waals surface area contributed by atoms with E-state index in [2.05, 4.69) is 10.3 Å². The normalized spacial score (nSPS) is 23.5. The minimum Gasteiger partial charge on any atom is -0.383 e. The Kier molecular flexibility index (Phi) is 6.02. The van der Waals surface area contributed by atoms with Crippen LogP contribution in [-0.2, 0) is 14.8 Å². The van der Waals surface area contributed by atoms with Gasteiger partial charge in [-0.15, -0.1) is 0 Å². The Labute approximate surface area is 115 Å². The molecule has 1 fully saturated rings. The van der Waals surface area contributed by atoms with E-state index in [0.717, 1.165) is 12.8 Å². The standard InChI is InChI=1S/C11H24N4O3S/c1-9(8-18-2)14-11(12)13-7-10-5-4-6-15(10)19(3,16)17/h9-10H,4-8H2,1-3H3,(H3,12,13,14)/t9?,10-/m1/s1. The van der Waals surface area contributed by atoms with Crippen molar-refractivity contribution in [3.8, 4) is 0 Å². The summed E-state index contributed by atoms with van der Waals surface area (Å²) in [6, 6.07) is -0.00331. The second-order valence-corrected chi connectivity index (χ2v) is 6.83. The molecule has 0 spiro atoms. The van der Waals surface area contributed by atoms with E-state index in [0.29, 0.717) is 25.7 Å². The molecule has 112 valence electrons. The lowest BCUT2D eigenvalue weighted by molar-refractivity contribution is 0.179. The average molecular weight is 292 g/mol. The molecule has 0 saturated carbocycles. The van der Waals surface area contributed by atoms with Gasteiger partial charge in [0.25, 0.3) is 0 Å². The third-order valence-corrected chi connectivity index (χ3v) is 4.37. The highest BCUT2D eigenvalue weighted by Crippen LogP contribution is 2.20. The second kappa shape index (κ2) is 7.06. The molecule has 0 aliphatic carbocycles. The molecule has 0 aromatic carbocycles. The fourth-order valence-electron chi connectivity index (χ4n) is 2.22. The number of hydrogen-bond donors (Lipinski definition) is 2. The minimum absolute atomic E-state index is 0.0725. The third-order valence-electron chi connectivity index (χ3n) is 3.03. The first-order valence-electron chi connectivity index (χ1n) is 6.36. The van der Waals surface area contributed by atoms with Crippen molar-refractivity contribution in [1.29, 1.82) is 0 Å². The molecule has 0 aromatic heterocycles. The van der Waals surface area contributed by atoms with Crippen molar-refractivity contribution < 1.29 is 13.2 Å². The van der Waals surface area contributed by atoms with Crippen LogP contribution in [0.25, 0.3) is 0 Å². The summed E-state index contributed by atoms with van der Waals surface area (Å²) < 4.78 is 29.6. The zero-order valence-electron chi connectivity index (χ0n) is 11.8. The van der Waals surface area contributed by atoms with Gasteiger partial charge in [0.2, 0.25) is 10.0 Å². The lowest BCUT2D eigenvalue weighted by atomic mass is 10.2. The lowest BCUT2D eigenvalue weighted by Gasteiger charge is -2.21. The molecule has 0 bridgehead atoms. The highest BCUT2D eigenvalue weighted by Gasteiger charge is 2.30. The van der Waals surface area contributed by atoms with Crippen LogP contribution in [0.2, 0.25) is 0 Å². The molecule has 0 aromatic rings. The van der Waals surface area contributed by atoms with Gasteiger partial charge in [-0.05, 0) is 19.8 Å². The van der Waals surface area contributed by atoms with Crippen LogP contribution in [0.3, 0.4) is 0 Å². The van der Waals surface area contributed by atoms with Gasteiger partial charge in [-0.3, -0.25) is 4.99 Å². The SMILES string of the molecule is COCC(C)NC(N)=NC[C@H]1CCCN1S(C)(=O)=O. The fraction of sp³-hybridized carbons (Fsp3) is 0.909. The molecular formula is C11H24N4O3S. The van der Waals surface area contributed by atoms with E-state index in [1.54, 1.807) is 7.11 Å². The molecule has 0 amide bonds. The van der Waals surface area contributed by atoms with E-state index in [-0.39, 0.29) is 12.1 Å². The molecule has 3 N–H and O–H groups in total. The Bertz CT molecular complexity index is 410. The molecule has 7 nitrogen and oxygen atoms in total. The number of hydrogen-bond acceptors (Lipinski definition) is 4. The van der Waals surface area contributed by atoms with Crippen molar-refractivity contribution in [3.05, 3.63) is 0 Å². The highest BCUT2D eigenvalue weighted by molar-refractivity contribution is 7.88. The summed E-state index contributed by atoms with van der Waals surface area (Å²) in [5.41, 5.74) is 5.75. The summed E-state index contributed by atoms with van der Waals surface area (Å²) in [6.45, 7) is 3.44. The van der Waals surface area contributed by atoms with Crippen LogP contribution in [-0.4, -0.2) is 63.8 Å². The fourth-order valence-corrected chi connectivity index (χ4v) is 3.40. The number of methoxy groups -OCH3 is 1. The summed E-state index contributed by atoms with van der Waals surface area (Å²) in [6.07, 6.45) is 2.94. The maximum Gasteiger partial charge on any atom is 0.211 e. The van der Waals surface area contributed by atoms with Crippen molar-refractivity contribution in [2.75, 3.05) is 33.1 Å². The van der Waals surface area contributed by atoms with Gasteiger partial charge in [-0.2, -0.15) is 4.31 Å². The van der Waals surface area contributed by atoms with E-state index in [1.165, 1.54) is 10.6 Å². The van der Waals surface area contributed by atoms with E-state index in [4.69, 9.17) is 10.5 Å². The van der Waals surface area contributed by atoms with Gasteiger partial charge in [-0.25, -0.2) is 8.42 Å². The molecule has 0 radical (unpaired) electrons. The number of nitrogens with two attached hydrogens (primary N) is 1. The minimum atomic E-state index is -3.15. The van der Waals surface area contributed by atoms with Crippen LogP contribution in [0.5, 0.6) is 0 Å². The first kappa shape index (κ1) is 16.2. The predicted octanol–water partition coefficient (Wildman–Crippen LogP) is -0.650. The molecule has 2 atom stereocenters. The maximum atomic E-state index is 11.6. The average Bonchev–Trinajstić information content (AvgIpc) is 2.74. The van der Waals surface area contributed by atoms with Crippen molar-refractivity contribution in [1.82, 2.24) is 9.62 Å². The third kappa shape index (κ3) is 5.33. The quantitative estimate of drug-likeness (QED) is 0.501. The first-order chi connectivity index (χ1) is 8.84. The van der Waals surface area contributed by atoms with Crippen LogP contribution >= 0.6 is 0 Å². The number of rotatable bonds is 6. The molecule has 1 saturated heterocycles. The summed E-state index contributed by atoms with van der Waals surface area (Å²) >= 11 is 0. The Morgan fingerprint density at radius 2 is 2.32 bits per heavy atom. The zero-order valence-corrected chi connectivity index (χ0v) is 12.6. The van der Waals surface area contributed by atoms with Crippen molar-refractivity contribution in [2.24, 2.45) is 10.7 Å². The summed E-state index contributed by atoms with van der Waals surface area (Å²) in [4.78, 5) is 4.21. The monoisotopic (exact) mass is 292 g/mol. The number of guanidine groups is 1. The molecule has 1 aliphatic rings. The van der Waals surface area contributed by atoms with Gasteiger partial charge in [0.15, 0.2) is 5.96 Å². The number of aliphatic imine (C=N–C) groups is 1. The van der Waals surface area contributed by atoms with Crippen LogP contribution < -0.4 is 11.1 Å². The van der Waals surface area contributed by atoms with Crippen molar-refractivity contribution in [2.45, 2.75) is 31.8 Å². The summed E-state index contributed by atoms with van der Waals surface area (Å²) in [7, 11) is -1.53. The molecule has 19 heavy (non-hydrogen) atoms. The van der Waals surface area contributed by atoms with Crippen molar-refractivity contribution in [3.63, 3.8) is 0 Å². The Balaban J connectivity index is 2.50. The largest absolute Gasteiger partial charge is 0.383 e. The predicted molar refractivity (Wildman–Crippen MR) is 75.5 cm³/mol. The first-order valence-corrected chi connectivity index (χ1v) is 8.21. The number of ether oxygens (including phenoxy) is 1. The van der Waals surface area contributed by atoms with E-state index in [9.17, 15) is 8.42 Å². The topological polar surface area (TPSA) is 97.0 Å². The summed E-state index contributed by atoms with van der Waals surface area (Å²) in [5.74, 6) is 0.324. The van der Waals surface area contributed by atoms with Gasteiger partial charge < -0.3 is 15.8 Å². The Hall–Kier alpha value is -0.860. The molecule has 1 rings (SSSR count). The van der Waals surface area contributed by atoms with Crippen LogP contribution in [0, 0.1) is 0 Å². The van der Waals surface area contributed by atoms with Crippen LogP contribution in [0.1, 0.15) is 19.8 Å². The van der Waals surface area contributed by atoms with Gasteiger partial charge in [0.05, 0.1) is 19.4 Å². The number of sulfonamides is 1. The molecule has 1 heterocycles. The number of nitrogens with one attached hydrogen (secondary N) is 1. The van der Waals surface area contributed by atoms with Gasteiger partial charge in [0.1, 0.15) is 0 Å². The smallest absolute Gasteiger partial charge is 0.211 e. The zero-order chi connectivity index (χ0) is 14.5. The highest BCUT2D eigenvalue weighted by atomic mass is 32.2. The van der Waals surface area contributed by atoms with E-state index < -0.39 is 10.0 Å². The summed E-state index contributed by atoms with van der Waals surface area (Å²) in [5, 5.41) is 2.99. The van der Waals surface area contributed by atoms with Gasteiger partial charge in [0, 0.05) is 25.7 Å². The Morgan fingerprint density at radius 1 is 1.63 bits per heavy atom. The Morgan fingerprint density at radius 3 is 2.89 bits per heavy atom. The van der Waals surface area contributed by atoms with Crippen molar-refractivity contribution >= 4 is 16.0 Å². The van der Waals surface area contributed by atoms with E-state index in [1.807, 2.05) is 6.92 Å². The lowest BCUT2D eigenvalue weighted by Crippen LogP contribution is -2.42. The molecular weight excluding hydrogens is 268 g/mol. The van der Waals surface area contributed by atoms with Gasteiger partial charge in [-0.1, -0.05) is 0 Å². The number of nitrogens with zero attached hydrogens (tertiary/aromatic N) is 2.